The van der Waals surface area contributed by atoms with E-state index in [1.807, 2.05) is 0 Å². The lowest BCUT2D eigenvalue weighted by atomic mass is 9.94. The first kappa shape index (κ1) is 24.6. The fraction of sp³-hybridized carbons (Fsp3) is 0.440. The fourth-order valence-corrected chi connectivity index (χ4v) is 4.49. The number of carbonyl (C=O) groups excluding carboxylic acids is 2. The number of aryl methyl sites for hydroxylation is 1. The number of rotatable bonds is 9. The quantitative estimate of drug-likeness (QED) is 0.535. The molecule has 3 heterocycles. The third-order valence-corrected chi connectivity index (χ3v) is 6.28. The standard InChI is InChI=1S/C25H30N2O8/c1-15-5-6-17(35-15)22(28)20-21(16-13-18(31-2)24(33-4)19(14-16)32-3)27(25(30)23(20)29)8-7-26-9-11-34-12-10-26/h5-6,13-14,21,29H,7-12H2,1-4H3/t21-/m1/s1. The Hall–Kier alpha value is -3.50. The van der Waals surface area contributed by atoms with Gasteiger partial charge in [0.1, 0.15) is 5.76 Å². The molecule has 2 aromatic rings. The van der Waals surface area contributed by atoms with E-state index in [0.29, 0.717) is 48.3 Å². The van der Waals surface area contributed by atoms with Gasteiger partial charge in [-0.15, -0.1) is 0 Å². The van der Waals surface area contributed by atoms with Crippen molar-refractivity contribution >= 4 is 11.7 Å². The number of ether oxygens (including phenoxy) is 4. The van der Waals surface area contributed by atoms with E-state index in [-0.39, 0.29) is 17.9 Å². The molecule has 0 radical (unpaired) electrons. The lowest BCUT2D eigenvalue weighted by Crippen LogP contribution is -2.43. The highest BCUT2D eigenvalue weighted by Crippen LogP contribution is 2.45. The number of aliphatic hydroxyl groups is 1. The van der Waals surface area contributed by atoms with Gasteiger partial charge < -0.3 is 33.4 Å². The maximum atomic E-state index is 13.5. The topological polar surface area (TPSA) is 111 Å². The molecule has 1 N–H and O–H groups in total. The van der Waals surface area contributed by atoms with Gasteiger partial charge in [-0.25, -0.2) is 0 Å². The minimum atomic E-state index is -0.879. The van der Waals surface area contributed by atoms with Gasteiger partial charge in [0, 0.05) is 26.2 Å². The molecule has 0 saturated carbocycles. The second kappa shape index (κ2) is 10.4. The first-order valence-electron chi connectivity index (χ1n) is 11.3. The largest absolute Gasteiger partial charge is 0.503 e. The van der Waals surface area contributed by atoms with Gasteiger partial charge in [0.25, 0.3) is 5.91 Å². The average Bonchev–Trinajstić information content (AvgIpc) is 3.42. The lowest BCUT2D eigenvalue weighted by molar-refractivity contribution is -0.129. The van der Waals surface area contributed by atoms with Crippen LogP contribution in [0.25, 0.3) is 0 Å². The summed E-state index contributed by atoms with van der Waals surface area (Å²) in [5, 5.41) is 10.9. The minimum absolute atomic E-state index is 0.0457. The van der Waals surface area contributed by atoms with E-state index in [0.717, 1.165) is 13.1 Å². The van der Waals surface area contributed by atoms with Gasteiger partial charge in [-0.2, -0.15) is 0 Å². The third kappa shape index (κ3) is 4.71. The van der Waals surface area contributed by atoms with E-state index >= 15 is 0 Å². The zero-order valence-corrected chi connectivity index (χ0v) is 20.3. The summed E-state index contributed by atoms with van der Waals surface area (Å²) in [5.41, 5.74) is 0.478. The highest BCUT2D eigenvalue weighted by atomic mass is 16.5. The molecule has 0 unspecified atom stereocenters. The van der Waals surface area contributed by atoms with Crippen LogP contribution in [0.4, 0.5) is 0 Å². The van der Waals surface area contributed by atoms with Crippen molar-refractivity contribution in [2.75, 3.05) is 60.7 Å². The Morgan fingerprint density at radius 3 is 2.26 bits per heavy atom. The van der Waals surface area contributed by atoms with Gasteiger partial charge in [-0.1, -0.05) is 0 Å². The molecular formula is C25H30N2O8. The molecule has 188 valence electrons. The smallest absolute Gasteiger partial charge is 0.290 e. The first-order chi connectivity index (χ1) is 16.9. The fourth-order valence-electron chi connectivity index (χ4n) is 4.49. The number of methoxy groups -OCH3 is 3. The summed E-state index contributed by atoms with van der Waals surface area (Å²) in [4.78, 5) is 30.4. The number of Topliss-reactive ketones (excluding diaryl/α,β-unsaturated/α-hetero) is 1. The second-order valence-electron chi connectivity index (χ2n) is 8.32. The molecule has 0 bridgehead atoms. The Morgan fingerprint density at radius 1 is 1.06 bits per heavy atom. The van der Waals surface area contributed by atoms with Crippen molar-refractivity contribution in [3.63, 3.8) is 0 Å². The summed E-state index contributed by atoms with van der Waals surface area (Å²) in [7, 11) is 4.47. The molecule has 35 heavy (non-hydrogen) atoms. The Bertz CT molecular complexity index is 1110. The molecule has 10 nitrogen and oxygen atoms in total. The number of carbonyl (C=O) groups is 2. The lowest BCUT2D eigenvalue weighted by Gasteiger charge is -2.32. The predicted molar refractivity (Wildman–Crippen MR) is 125 cm³/mol. The number of benzene rings is 1. The molecule has 2 aliphatic rings. The van der Waals surface area contributed by atoms with Gasteiger partial charge in [0.15, 0.2) is 23.0 Å². The summed E-state index contributed by atoms with van der Waals surface area (Å²) in [6.07, 6.45) is 0. The van der Waals surface area contributed by atoms with Crippen molar-refractivity contribution in [2.45, 2.75) is 13.0 Å². The van der Waals surface area contributed by atoms with Gasteiger partial charge in [-0.3, -0.25) is 14.5 Å². The van der Waals surface area contributed by atoms with Crippen LogP contribution in [-0.2, 0) is 9.53 Å². The van der Waals surface area contributed by atoms with Crippen molar-refractivity contribution < 1.29 is 38.1 Å². The van der Waals surface area contributed by atoms with E-state index in [2.05, 4.69) is 4.90 Å². The first-order valence-corrected chi connectivity index (χ1v) is 11.3. The van der Waals surface area contributed by atoms with Crippen LogP contribution >= 0.6 is 0 Å². The molecule has 1 atom stereocenters. The number of aliphatic hydroxyl groups excluding tert-OH is 1. The van der Waals surface area contributed by atoms with Crippen LogP contribution in [-0.4, -0.2) is 87.3 Å². The number of furan rings is 1. The maximum absolute atomic E-state index is 13.5. The molecule has 4 rings (SSSR count). The average molecular weight is 487 g/mol. The van der Waals surface area contributed by atoms with E-state index in [1.165, 1.54) is 32.3 Å². The molecule has 1 aromatic carbocycles. The summed E-state index contributed by atoms with van der Waals surface area (Å²) in [6, 6.07) is 5.67. The zero-order valence-electron chi connectivity index (χ0n) is 20.3. The van der Waals surface area contributed by atoms with Crippen LogP contribution in [0.3, 0.4) is 0 Å². The molecule has 1 aromatic heterocycles. The normalized spacial score (nSPS) is 18.8. The predicted octanol–water partition coefficient (Wildman–Crippen LogP) is 2.52. The van der Waals surface area contributed by atoms with Crippen LogP contribution in [0.1, 0.15) is 27.9 Å². The van der Waals surface area contributed by atoms with Crippen molar-refractivity contribution in [2.24, 2.45) is 0 Å². The van der Waals surface area contributed by atoms with E-state index < -0.39 is 23.5 Å². The summed E-state index contributed by atoms with van der Waals surface area (Å²) >= 11 is 0. The minimum Gasteiger partial charge on any atom is -0.503 e. The molecular weight excluding hydrogens is 456 g/mol. The Labute approximate surface area is 203 Å². The summed E-state index contributed by atoms with van der Waals surface area (Å²) < 4.78 is 27.3. The zero-order chi connectivity index (χ0) is 25.1. The summed E-state index contributed by atoms with van der Waals surface area (Å²) in [6.45, 7) is 5.30. The van der Waals surface area contributed by atoms with Crippen molar-refractivity contribution in [3.05, 3.63) is 52.7 Å². The SMILES string of the molecule is COc1cc([C@@H]2C(C(=O)c3ccc(C)o3)=C(O)C(=O)N2CCN2CCOCC2)cc(OC)c1OC. The molecule has 0 spiro atoms. The van der Waals surface area contributed by atoms with Crippen molar-refractivity contribution in [3.8, 4) is 17.2 Å². The van der Waals surface area contributed by atoms with Crippen LogP contribution in [0, 0.1) is 6.92 Å². The molecule has 1 fully saturated rings. The van der Waals surface area contributed by atoms with Crippen LogP contribution in [0.5, 0.6) is 17.2 Å². The summed E-state index contributed by atoms with van der Waals surface area (Å²) in [5.74, 6) is -0.0600. The highest BCUT2D eigenvalue weighted by molar-refractivity contribution is 6.15. The third-order valence-electron chi connectivity index (χ3n) is 6.28. The van der Waals surface area contributed by atoms with E-state index in [1.54, 1.807) is 25.1 Å². The Balaban J connectivity index is 1.77. The molecule has 1 saturated heterocycles. The second-order valence-corrected chi connectivity index (χ2v) is 8.32. The monoisotopic (exact) mass is 486 g/mol. The van der Waals surface area contributed by atoms with Crippen molar-refractivity contribution in [1.82, 2.24) is 9.80 Å². The van der Waals surface area contributed by atoms with Gasteiger partial charge in [-0.05, 0) is 36.8 Å². The van der Waals surface area contributed by atoms with Gasteiger partial charge >= 0.3 is 0 Å². The molecule has 1 amide bonds. The number of hydrogen-bond donors (Lipinski definition) is 1. The number of hydrogen-bond acceptors (Lipinski definition) is 9. The van der Waals surface area contributed by atoms with Crippen molar-refractivity contribution in [1.29, 1.82) is 0 Å². The number of amides is 1. The van der Waals surface area contributed by atoms with Gasteiger partial charge in [0.2, 0.25) is 11.5 Å². The number of ketones is 1. The van der Waals surface area contributed by atoms with Gasteiger partial charge in [0.05, 0.1) is 46.2 Å². The molecule has 10 heteroatoms. The van der Waals surface area contributed by atoms with E-state index in [4.69, 9.17) is 23.4 Å². The molecule has 2 aliphatic heterocycles. The van der Waals surface area contributed by atoms with Crippen LogP contribution < -0.4 is 14.2 Å². The number of morpholine rings is 1. The highest BCUT2D eigenvalue weighted by Gasteiger charge is 2.45. The Kier molecular flexibility index (Phi) is 7.32. The molecule has 0 aliphatic carbocycles. The Morgan fingerprint density at radius 2 is 1.71 bits per heavy atom. The van der Waals surface area contributed by atoms with Crippen LogP contribution in [0.2, 0.25) is 0 Å². The number of nitrogens with zero attached hydrogens (tertiary/aromatic N) is 2. The van der Waals surface area contributed by atoms with Crippen LogP contribution in [0.15, 0.2) is 40.0 Å². The maximum Gasteiger partial charge on any atom is 0.290 e. The van der Waals surface area contributed by atoms with E-state index in [9.17, 15) is 14.7 Å².